The Labute approximate surface area is 207 Å². The van der Waals surface area contributed by atoms with Crippen LogP contribution in [-0.4, -0.2) is 54.0 Å². The van der Waals surface area contributed by atoms with Crippen LogP contribution in [0.25, 0.3) is 0 Å². The molecule has 35 heavy (non-hydrogen) atoms. The minimum Gasteiger partial charge on any atom is -0.454 e. The lowest BCUT2D eigenvalue weighted by Gasteiger charge is -2.42. The van der Waals surface area contributed by atoms with Crippen LogP contribution in [0.5, 0.6) is 0 Å². The number of urea groups is 1. The monoisotopic (exact) mass is 483 g/mol. The maximum Gasteiger partial charge on any atom is 0.326 e. The average Bonchev–Trinajstić information content (AvgIpc) is 3.62. The van der Waals surface area contributed by atoms with Crippen LogP contribution in [0.3, 0.4) is 0 Å². The molecule has 8 heteroatoms. The molecule has 190 valence electrons. The summed E-state index contributed by atoms with van der Waals surface area (Å²) in [5.74, 6) is -1.04. The summed E-state index contributed by atoms with van der Waals surface area (Å²) in [4.78, 5) is 51.2. The van der Waals surface area contributed by atoms with Crippen LogP contribution in [0.2, 0.25) is 0 Å². The number of hydrogen-bond donors (Lipinski definition) is 2. The van der Waals surface area contributed by atoms with Gasteiger partial charge in [-0.2, -0.15) is 0 Å². The van der Waals surface area contributed by atoms with Crippen molar-refractivity contribution in [3.05, 3.63) is 35.9 Å². The van der Waals surface area contributed by atoms with Crippen LogP contribution in [0.1, 0.15) is 71.3 Å². The van der Waals surface area contributed by atoms with Crippen molar-refractivity contribution in [3.8, 4) is 0 Å². The van der Waals surface area contributed by atoms with E-state index in [-0.39, 0.29) is 16.7 Å². The Morgan fingerprint density at radius 3 is 2.37 bits per heavy atom. The van der Waals surface area contributed by atoms with E-state index in [4.69, 9.17) is 4.74 Å². The predicted octanol–water partition coefficient (Wildman–Crippen LogP) is 3.29. The van der Waals surface area contributed by atoms with E-state index < -0.39 is 36.6 Å². The lowest BCUT2D eigenvalue weighted by molar-refractivity contribution is -0.151. The van der Waals surface area contributed by atoms with Gasteiger partial charge in [0.15, 0.2) is 6.61 Å². The lowest BCUT2D eigenvalue weighted by Crippen LogP contribution is -2.51. The molecule has 1 spiro atoms. The van der Waals surface area contributed by atoms with E-state index in [1.165, 1.54) is 5.56 Å². The molecule has 1 aromatic rings. The van der Waals surface area contributed by atoms with Crippen LogP contribution < -0.4 is 10.6 Å². The van der Waals surface area contributed by atoms with E-state index in [9.17, 15) is 19.2 Å². The average molecular weight is 484 g/mol. The molecule has 3 fully saturated rings. The molecule has 1 saturated heterocycles. The van der Waals surface area contributed by atoms with E-state index in [1.54, 1.807) is 0 Å². The van der Waals surface area contributed by atoms with Crippen molar-refractivity contribution < 1.29 is 23.9 Å². The Kier molecular flexibility index (Phi) is 6.93. The Balaban J connectivity index is 1.23. The summed E-state index contributed by atoms with van der Waals surface area (Å²) in [6.07, 6.45) is 5.92. The van der Waals surface area contributed by atoms with E-state index in [2.05, 4.69) is 43.5 Å². The molecular formula is C27H37N3O5. The van der Waals surface area contributed by atoms with Crippen molar-refractivity contribution in [2.75, 3.05) is 19.7 Å². The van der Waals surface area contributed by atoms with Crippen LogP contribution in [-0.2, 0) is 24.5 Å². The number of esters is 1. The number of benzene rings is 1. The molecule has 1 heterocycles. The third-order valence-corrected chi connectivity index (χ3v) is 8.62. The van der Waals surface area contributed by atoms with Gasteiger partial charge in [-0.1, -0.05) is 57.5 Å². The molecule has 1 aromatic carbocycles. The normalized spacial score (nSPS) is 25.3. The largest absolute Gasteiger partial charge is 0.454 e. The summed E-state index contributed by atoms with van der Waals surface area (Å²) in [6.45, 7) is 6.22. The molecule has 4 rings (SSSR count). The van der Waals surface area contributed by atoms with Gasteiger partial charge in [-0.3, -0.25) is 19.3 Å². The second-order valence-electron chi connectivity index (χ2n) is 11.1. The molecule has 0 bridgehead atoms. The summed E-state index contributed by atoms with van der Waals surface area (Å²) in [5.41, 5.74) is 0.417. The van der Waals surface area contributed by atoms with Gasteiger partial charge in [0.05, 0.1) is 0 Å². The number of rotatable bonds is 9. The summed E-state index contributed by atoms with van der Waals surface area (Å²) in [5, 5.41) is 5.68. The summed E-state index contributed by atoms with van der Waals surface area (Å²) in [7, 11) is 0. The molecule has 0 aromatic heterocycles. The van der Waals surface area contributed by atoms with Gasteiger partial charge in [-0.15, -0.1) is 0 Å². The summed E-state index contributed by atoms with van der Waals surface area (Å²) in [6, 6.07) is 9.47. The molecule has 4 amide bonds. The maximum absolute atomic E-state index is 13.1. The van der Waals surface area contributed by atoms with E-state index in [0.29, 0.717) is 25.3 Å². The first-order valence-corrected chi connectivity index (χ1v) is 12.7. The van der Waals surface area contributed by atoms with Crippen LogP contribution in [0, 0.1) is 11.3 Å². The zero-order valence-corrected chi connectivity index (χ0v) is 21.0. The first kappa shape index (κ1) is 25.2. The molecule has 3 aliphatic rings. The topological polar surface area (TPSA) is 105 Å². The number of hydrogen-bond acceptors (Lipinski definition) is 5. The molecule has 2 aliphatic carbocycles. The molecule has 0 atom stereocenters. The van der Waals surface area contributed by atoms with Gasteiger partial charge >= 0.3 is 12.0 Å². The molecule has 0 radical (unpaired) electrons. The highest BCUT2D eigenvalue weighted by atomic mass is 16.5. The Morgan fingerprint density at radius 1 is 1.11 bits per heavy atom. The second kappa shape index (κ2) is 9.63. The van der Waals surface area contributed by atoms with Crippen LogP contribution in [0.4, 0.5) is 4.79 Å². The van der Waals surface area contributed by atoms with E-state index >= 15 is 0 Å². The van der Waals surface area contributed by atoms with Crippen LogP contribution >= 0.6 is 0 Å². The zero-order valence-electron chi connectivity index (χ0n) is 21.0. The van der Waals surface area contributed by atoms with Gasteiger partial charge in [0.2, 0.25) is 0 Å². The number of ether oxygens (including phenoxy) is 1. The Hall–Kier alpha value is -2.90. The molecule has 2 saturated carbocycles. The highest BCUT2D eigenvalue weighted by Gasteiger charge is 2.54. The number of nitrogens with one attached hydrogen (secondary N) is 2. The number of nitrogens with zero attached hydrogens (tertiary/aromatic N) is 1. The van der Waals surface area contributed by atoms with E-state index in [0.717, 1.165) is 37.0 Å². The fourth-order valence-electron chi connectivity index (χ4n) is 5.49. The van der Waals surface area contributed by atoms with E-state index in [1.807, 2.05) is 18.2 Å². The fraction of sp³-hybridized carbons (Fsp3) is 0.630. The highest BCUT2D eigenvalue weighted by Crippen LogP contribution is 2.47. The lowest BCUT2D eigenvalue weighted by atomic mass is 9.65. The number of amides is 4. The van der Waals surface area contributed by atoms with Crippen molar-refractivity contribution >= 4 is 23.8 Å². The maximum atomic E-state index is 13.1. The smallest absolute Gasteiger partial charge is 0.326 e. The minimum atomic E-state index is -0.926. The molecule has 0 unspecified atom stereocenters. The SMILES string of the molecule is CCC(C)(C)C1CCC2(CC1)NC(=O)N(CC(=O)OCC(=O)NCC1(c3ccccc3)CC1)C2=O. The van der Waals surface area contributed by atoms with Gasteiger partial charge in [-0.25, -0.2) is 4.79 Å². The fourth-order valence-corrected chi connectivity index (χ4v) is 5.49. The number of imide groups is 1. The molecular weight excluding hydrogens is 446 g/mol. The quantitative estimate of drug-likeness (QED) is 0.414. The third-order valence-electron chi connectivity index (χ3n) is 8.62. The minimum absolute atomic E-state index is 0.0410. The van der Waals surface area contributed by atoms with Gasteiger partial charge in [0, 0.05) is 12.0 Å². The Bertz CT molecular complexity index is 978. The Morgan fingerprint density at radius 2 is 1.77 bits per heavy atom. The summed E-state index contributed by atoms with van der Waals surface area (Å²) < 4.78 is 5.08. The predicted molar refractivity (Wildman–Crippen MR) is 130 cm³/mol. The van der Waals surface area contributed by atoms with Crippen molar-refractivity contribution in [1.82, 2.24) is 15.5 Å². The first-order chi connectivity index (χ1) is 16.6. The van der Waals surface area contributed by atoms with Gasteiger partial charge < -0.3 is 15.4 Å². The van der Waals surface area contributed by atoms with Crippen molar-refractivity contribution in [2.24, 2.45) is 11.3 Å². The zero-order chi connectivity index (χ0) is 25.3. The highest BCUT2D eigenvalue weighted by molar-refractivity contribution is 6.08. The molecule has 1 aliphatic heterocycles. The number of carbonyl (C=O) groups is 4. The first-order valence-electron chi connectivity index (χ1n) is 12.7. The standard InChI is InChI=1S/C27H37N3O5/c1-4-25(2,3)19-10-12-27(13-11-19)23(33)30(24(34)29-27)16-22(32)35-17-21(31)28-18-26(14-15-26)20-8-6-5-7-9-20/h5-9,19H,4,10-18H2,1-3H3,(H,28,31)(H,29,34). The van der Waals surface area contributed by atoms with Crippen molar-refractivity contribution in [1.29, 1.82) is 0 Å². The van der Waals surface area contributed by atoms with Crippen LogP contribution in [0.15, 0.2) is 30.3 Å². The van der Waals surface area contributed by atoms with Gasteiger partial charge in [0.1, 0.15) is 12.1 Å². The number of carbonyl (C=O) groups excluding carboxylic acids is 4. The molecule has 2 N–H and O–H groups in total. The van der Waals surface area contributed by atoms with Gasteiger partial charge in [-0.05, 0) is 55.4 Å². The van der Waals surface area contributed by atoms with Crippen molar-refractivity contribution in [2.45, 2.75) is 76.7 Å². The van der Waals surface area contributed by atoms with Crippen molar-refractivity contribution in [3.63, 3.8) is 0 Å². The molecule has 8 nitrogen and oxygen atoms in total. The third kappa shape index (κ3) is 5.21. The second-order valence-corrected chi connectivity index (χ2v) is 11.1. The van der Waals surface area contributed by atoms with Gasteiger partial charge in [0.25, 0.3) is 11.8 Å². The summed E-state index contributed by atoms with van der Waals surface area (Å²) >= 11 is 0.